The monoisotopic (exact) mass is 455 g/mol. The predicted octanol–water partition coefficient (Wildman–Crippen LogP) is 3.26. The zero-order valence-electron chi connectivity index (χ0n) is 17.6. The molecular weight excluding hydrogens is 435 g/mol. The first-order valence-electron chi connectivity index (χ1n) is 10.2. The highest BCUT2D eigenvalue weighted by Crippen LogP contribution is 2.32. The molecule has 1 aliphatic heterocycles. The van der Waals surface area contributed by atoms with Gasteiger partial charge in [0.1, 0.15) is 12.4 Å². The SMILES string of the molecule is C[C@@H](NC(=O)c1cccnc1)C(=O)N1CCc2c(ncnc2-c2ccc(C(F)(F)F)cc2)C1. The maximum Gasteiger partial charge on any atom is 0.416 e. The van der Waals surface area contributed by atoms with Gasteiger partial charge < -0.3 is 10.2 Å². The van der Waals surface area contributed by atoms with Gasteiger partial charge in [-0.15, -0.1) is 0 Å². The molecule has 2 amide bonds. The molecule has 1 atom stereocenters. The van der Waals surface area contributed by atoms with Crippen LogP contribution in [-0.2, 0) is 23.9 Å². The molecule has 33 heavy (non-hydrogen) atoms. The quantitative estimate of drug-likeness (QED) is 0.653. The number of amides is 2. The lowest BCUT2D eigenvalue weighted by Crippen LogP contribution is -2.48. The van der Waals surface area contributed by atoms with Crippen LogP contribution in [0.5, 0.6) is 0 Å². The average Bonchev–Trinajstić information content (AvgIpc) is 2.82. The summed E-state index contributed by atoms with van der Waals surface area (Å²) in [5, 5.41) is 2.68. The smallest absolute Gasteiger partial charge is 0.340 e. The van der Waals surface area contributed by atoms with Crippen LogP contribution in [0.15, 0.2) is 55.1 Å². The summed E-state index contributed by atoms with van der Waals surface area (Å²) < 4.78 is 38.6. The Morgan fingerprint density at radius 1 is 1.12 bits per heavy atom. The van der Waals surface area contributed by atoms with E-state index >= 15 is 0 Å². The van der Waals surface area contributed by atoms with Crippen LogP contribution in [0.25, 0.3) is 11.3 Å². The summed E-state index contributed by atoms with van der Waals surface area (Å²) in [4.78, 5) is 39.3. The minimum absolute atomic E-state index is 0.220. The summed E-state index contributed by atoms with van der Waals surface area (Å²) in [7, 11) is 0. The van der Waals surface area contributed by atoms with Gasteiger partial charge in [-0.1, -0.05) is 12.1 Å². The highest BCUT2D eigenvalue weighted by atomic mass is 19.4. The molecule has 2 aromatic heterocycles. The number of nitrogens with zero attached hydrogens (tertiary/aromatic N) is 4. The van der Waals surface area contributed by atoms with Gasteiger partial charge >= 0.3 is 6.18 Å². The normalized spacial score (nSPS) is 14.4. The fraction of sp³-hybridized carbons (Fsp3) is 0.261. The van der Waals surface area contributed by atoms with Gasteiger partial charge in [0.2, 0.25) is 5.91 Å². The van der Waals surface area contributed by atoms with Crippen molar-refractivity contribution in [2.24, 2.45) is 0 Å². The Morgan fingerprint density at radius 3 is 2.55 bits per heavy atom. The number of fused-ring (bicyclic) bond motifs is 1. The summed E-state index contributed by atoms with van der Waals surface area (Å²) in [5.74, 6) is -0.652. The van der Waals surface area contributed by atoms with E-state index in [0.29, 0.717) is 35.5 Å². The van der Waals surface area contributed by atoms with E-state index in [1.54, 1.807) is 30.2 Å². The predicted molar refractivity (Wildman–Crippen MR) is 113 cm³/mol. The molecule has 170 valence electrons. The van der Waals surface area contributed by atoms with E-state index in [4.69, 9.17) is 0 Å². The van der Waals surface area contributed by atoms with Crippen molar-refractivity contribution < 1.29 is 22.8 Å². The number of carbonyl (C=O) groups excluding carboxylic acids is 2. The molecule has 10 heteroatoms. The van der Waals surface area contributed by atoms with Crippen LogP contribution in [0.4, 0.5) is 13.2 Å². The Bertz CT molecular complexity index is 1170. The van der Waals surface area contributed by atoms with Crippen molar-refractivity contribution in [2.45, 2.75) is 32.1 Å². The molecule has 0 saturated heterocycles. The van der Waals surface area contributed by atoms with Crippen LogP contribution in [0, 0.1) is 0 Å². The second-order valence-corrected chi connectivity index (χ2v) is 7.67. The van der Waals surface area contributed by atoms with Crippen molar-refractivity contribution in [3.05, 3.63) is 77.5 Å². The number of rotatable bonds is 4. The van der Waals surface area contributed by atoms with Gasteiger partial charge in [-0.25, -0.2) is 9.97 Å². The van der Waals surface area contributed by atoms with E-state index in [9.17, 15) is 22.8 Å². The van der Waals surface area contributed by atoms with Crippen LogP contribution in [-0.4, -0.2) is 44.3 Å². The fourth-order valence-electron chi connectivity index (χ4n) is 3.72. The molecule has 0 unspecified atom stereocenters. The third-order valence-electron chi connectivity index (χ3n) is 5.45. The molecular formula is C23H20F3N5O2. The van der Waals surface area contributed by atoms with Gasteiger partial charge in [0, 0.05) is 30.1 Å². The lowest BCUT2D eigenvalue weighted by molar-refractivity contribution is -0.137. The first-order chi connectivity index (χ1) is 15.7. The molecule has 0 aliphatic carbocycles. The molecule has 1 aliphatic rings. The Balaban J connectivity index is 1.48. The van der Waals surface area contributed by atoms with Crippen LogP contribution >= 0.6 is 0 Å². The number of halogens is 3. The summed E-state index contributed by atoms with van der Waals surface area (Å²) in [6, 6.07) is 7.31. The van der Waals surface area contributed by atoms with Crippen LogP contribution in [0.2, 0.25) is 0 Å². The summed E-state index contributed by atoms with van der Waals surface area (Å²) in [6.45, 7) is 2.21. The molecule has 1 N–H and O–H groups in total. The van der Waals surface area contributed by atoms with Gasteiger partial charge in [-0.3, -0.25) is 14.6 Å². The number of pyridine rings is 1. The highest BCUT2D eigenvalue weighted by Gasteiger charge is 2.31. The van der Waals surface area contributed by atoms with Crippen LogP contribution in [0.3, 0.4) is 0 Å². The zero-order valence-corrected chi connectivity index (χ0v) is 17.6. The van der Waals surface area contributed by atoms with Gasteiger partial charge in [-0.2, -0.15) is 13.2 Å². The summed E-state index contributed by atoms with van der Waals surface area (Å²) in [6.07, 6.45) is 0.350. The van der Waals surface area contributed by atoms with E-state index in [0.717, 1.165) is 17.7 Å². The van der Waals surface area contributed by atoms with Crippen molar-refractivity contribution >= 4 is 11.8 Å². The number of aromatic nitrogens is 3. The van der Waals surface area contributed by atoms with Gasteiger partial charge in [-0.05, 0) is 37.6 Å². The largest absolute Gasteiger partial charge is 0.416 e. The van der Waals surface area contributed by atoms with Gasteiger partial charge in [0.15, 0.2) is 0 Å². The molecule has 4 rings (SSSR count). The average molecular weight is 455 g/mol. The minimum Gasteiger partial charge on any atom is -0.340 e. The Kier molecular flexibility index (Phi) is 6.08. The number of carbonyl (C=O) groups is 2. The van der Waals surface area contributed by atoms with E-state index in [2.05, 4.69) is 20.3 Å². The molecule has 3 aromatic rings. The first kappa shape index (κ1) is 22.4. The van der Waals surface area contributed by atoms with E-state index in [1.807, 2.05) is 0 Å². The lowest BCUT2D eigenvalue weighted by Gasteiger charge is -2.31. The molecule has 0 fully saturated rings. The molecule has 3 heterocycles. The summed E-state index contributed by atoms with van der Waals surface area (Å²) in [5.41, 5.74) is 2.17. The van der Waals surface area contributed by atoms with Crippen LogP contribution < -0.4 is 5.32 Å². The molecule has 1 aromatic carbocycles. The van der Waals surface area contributed by atoms with Crippen molar-refractivity contribution in [1.82, 2.24) is 25.2 Å². The zero-order chi connectivity index (χ0) is 23.6. The van der Waals surface area contributed by atoms with E-state index in [-0.39, 0.29) is 12.5 Å². The minimum atomic E-state index is -4.41. The van der Waals surface area contributed by atoms with Crippen molar-refractivity contribution in [3.8, 4) is 11.3 Å². The van der Waals surface area contributed by atoms with Crippen molar-refractivity contribution in [2.75, 3.05) is 6.54 Å². The molecule has 0 radical (unpaired) electrons. The van der Waals surface area contributed by atoms with Crippen molar-refractivity contribution in [1.29, 1.82) is 0 Å². The highest BCUT2D eigenvalue weighted by molar-refractivity contribution is 5.97. The van der Waals surface area contributed by atoms with Gasteiger partial charge in [0.25, 0.3) is 5.91 Å². The second kappa shape index (κ2) is 8.97. The topological polar surface area (TPSA) is 88.1 Å². The standard InChI is InChI=1S/C23H20F3N5O2/c1-14(30-21(32)16-3-2-9-27-11-16)22(33)31-10-8-18-19(12-31)28-13-29-20(18)15-4-6-17(7-5-15)23(24,25)26/h2-7,9,11,13-14H,8,10,12H2,1H3,(H,30,32)/t14-/m1/s1. The Hall–Kier alpha value is -3.82. The van der Waals surface area contributed by atoms with E-state index < -0.39 is 23.7 Å². The number of hydrogen-bond acceptors (Lipinski definition) is 5. The maximum absolute atomic E-state index is 12.9. The first-order valence-corrected chi connectivity index (χ1v) is 10.2. The molecule has 7 nitrogen and oxygen atoms in total. The Morgan fingerprint density at radius 2 is 1.88 bits per heavy atom. The second-order valence-electron chi connectivity index (χ2n) is 7.67. The third kappa shape index (κ3) is 4.84. The number of alkyl halides is 3. The lowest BCUT2D eigenvalue weighted by atomic mass is 9.97. The molecule has 0 bridgehead atoms. The molecule has 0 spiro atoms. The van der Waals surface area contributed by atoms with E-state index in [1.165, 1.54) is 24.7 Å². The Labute approximate surface area is 187 Å². The maximum atomic E-state index is 12.9. The fourth-order valence-corrected chi connectivity index (χ4v) is 3.72. The number of hydrogen-bond donors (Lipinski definition) is 1. The number of nitrogens with one attached hydrogen (secondary N) is 1. The van der Waals surface area contributed by atoms with Crippen molar-refractivity contribution in [3.63, 3.8) is 0 Å². The summed E-state index contributed by atoms with van der Waals surface area (Å²) >= 11 is 0. The third-order valence-corrected chi connectivity index (χ3v) is 5.45. The molecule has 0 saturated carbocycles. The number of benzene rings is 1. The van der Waals surface area contributed by atoms with Gasteiger partial charge in [0.05, 0.1) is 29.1 Å². The van der Waals surface area contributed by atoms with Crippen LogP contribution in [0.1, 0.15) is 34.1 Å².